The second-order valence-corrected chi connectivity index (χ2v) is 10.9. The summed E-state index contributed by atoms with van der Waals surface area (Å²) in [5.41, 5.74) is 4.81. The highest BCUT2D eigenvalue weighted by Crippen LogP contribution is 2.37. The van der Waals surface area contributed by atoms with Gasteiger partial charge in [0.05, 0.1) is 34.6 Å². The maximum atomic E-state index is 13.8. The first kappa shape index (κ1) is 32.3. The number of benzene rings is 1. The van der Waals surface area contributed by atoms with Crippen LogP contribution in [-0.4, -0.2) is 79.6 Å². The predicted octanol–water partition coefficient (Wildman–Crippen LogP) is 3.67. The van der Waals surface area contributed by atoms with E-state index >= 15 is 0 Å². The minimum absolute atomic E-state index is 0. The molecule has 1 saturated carbocycles. The maximum Gasteiger partial charge on any atom is 0.435 e. The smallest absolute Gasteiger partial charge is 0.338 e. The summed E-state index contributed by atoms with van der Waals surface area (Å²) in [6, 6.07) is 4.39. The molecule has 0 atom stereocenters. The summed E-state index contributed by atoms with van der Waals surface area (Å²) in [7, 11) is 1.45. The van der Waals surface area contributed by atoms with Crippen LogP contribution in [0.25, 0.3) is 11.3 Å². The van der Waals surface area contributed by atoms with Gasteiger partial charge in [-0.2, -0.15) is 18.3 Å². The second kappa shape index (κ2) is 12.9. The zero-order valence-electron chi connectivity index (χ0n) is 23.2. The number of nitrogens with zero attached hydrogens (tertiary/aromatic N) is 6. The Labute approximate surface area is 256 Å². The van der Waals surface area contributed by atoms with Gasteiger partial charge in [0, 0.05) is 51.7 Å². The van der Waals surface area contributed by atoms with Gasteiger partial charge >= 0.3 is 6.18 Å². The molecule has 1 aliphatic heterocycles. The number of amides is 3. The fourth-order valence-electron chi connectivity index (χ4n) is 5.13. The van der Waals surface area contributed by atoms with E-state index in [9.17, 15) is 27.6 Å². The summed E-state index contributed by atoms with van der Waals surface area (Å²) in [6.45, 7) is 1.70. The van der Waals surface area contributed by atoms with Crippen molar-refractivity contribution >= 4 is 47.4 Å². The standard InChI is InChI=1S/C27H30ClF3N8O3.ClH/c1-36-21(19-15-39(14-16-3-2-4-16)35-23(19)27(29,30)31)13-33-24(36)25(41)34-17-5-6-18(20(28)11-17)26(42)38-9-7-37(8-10-38)22(40)12-32;/h5-6,11,13,15-16H,2-4,7-10,12,14,32H2,1H3,(H,34,41);1H. The topological polar surface area (TPSA) is 131 Å². The number of nitrogens with one attached hydrogen (secondary N) is 1. The quantitative estimate of drug-likeness (QED) is 0.404. The first-order chi connectivity index (χ1) is 20.0. The van der Waals surface area contributed by atoms with Crippen molar-refractivity contribution in [1.29, 1.82) is 0 Å². The Morgan fingerprint density at radius 1 is 1.12 bits per heavy atom. The first-order valence-corrected chi connectivity index (χ1v) is 13.9. The van der Waals surface area contributed by atoms with Crippen molar-refractivity contribution in [3.8, 4) is 11.3 Å². The van der Waals surface area contributed by atoms with Gasteiger partial charge in [-0.05, 0) is 37.0 Å². The molecule has 1 aromatic carbocycles. The molecule has 43 heavy (non-hydrogen) atoms. The van der Waals surface area contributed by atoms with Crippen LogP contribution in [0.5, 0.6) is 0 Å². The third kappa shape index (κ3) is 6.81. The Morgan fingerprint density at radius 2 is 1.79 bits per heavy atom. The third-order valence-electron chi connectivity index (χ3n) is 7.72. The number of piperazine rings is 1. The molecule has 0 radical (unpaired) electrons. The van der Waals surface area contributed by atoms with E-state index in [0.29, 0.717) is 38.6 Å². The summed E-state index contributed by atoms with van der Waals surface area (Å²) in [6.07, 6.45) is 0.861. The normalized spacial score (nSPS) is 15.6. The molecule has 232 valence electrons. The van der Waals surface area contributed by atoms with Crippen molar-refractivity contribution in [2.45, 2.75) is 32.0 Å². The van der Waals surface area contributed by atoms with Crippen LogP contribution in [0, 0.1) is 5.92 Å². The summed E-state index contributed by atoms with van der Waals surface area (Å²) < 4.78 is 44.1. The number of aromatic nitrogens is 4. The Balaban J connectivity index is 0.00000423. The summed E-state index contributed by atoms with van der Waals surface area (Å²) in [5.74, 6) is -0.983. The maximum absolute atomic E-state index is 13.8. The third-order valence-corrected chi connectivity index (χ3v) is 8.03. The average molecular weight is 643 g/mol. The molecule has 2 fully saturated rings. The molecule has 1 saturated heterocycles. The van der Waals surface area contributed by atoms with Crippen LogP contribution in [0.1, 0.15) is 45.9 Å². The fraction of sp³-hybridized carbons (Fsp3) is 0.444. The number of rotatable bonds is 7. The minimum Gasteiger partial charge on any atom is -0.338 e. The Kier molecular flexibility index (Phi) is 9.72. The van der Waals surface area contributed by atoms with E-state index in [1.807, 2.05) is 0 Å². The molecule has 3 amide bonds. The van der Waals surface area contributed by atoms with E-state index in [1.165, 1.54) is 46.9 Å². The average Bonchev–Trinajstić information content (AvgIpc) is 3.53. The lowest BCUT2D eigenvalue weighted by molar-refractivity contribution is -0.141. The van der Waals surface area contributed by atoms with Crippen LogP contribution in [0.2, 0.25) is 5.02 Å². The highest BCUT2D eigenvalue weighted by Gasteiger charge is 2.39. The van der Waals surface area contributed by atoms with Gasteiger partial charge in [-0.25, -0.2) is 4.98 Å². The van der Waals surface area contributed by atoms with Crippen molar-refractivity contribution < 1.29 is 27.6 Å². The number of alkyl halides is 3. The fourth-order valence-corrected chi connectivity index (χ4v) is 5.40. The highest BCUT2D eigenvalue weighted by atomic mass is 35.5. The van der Waals surface area contributed by atoms with Crippen molar-refractivity contribution in [1.82, 2.24) is 29.1 Å². The molecule has 2 aliphatic rings. The van der Waals surface area contributed by atoms with Gasteiger partial charge in [-0.1, -0.05) is 18.0 Å². The van der Waals surface area contributed by atoms with Gasteiger partial charge in [0.1, 0.15) is 0 Å². The first-order valence-electron chi connectivity index (χ1n) is 13.5. The Bertz CT molecular complexity index is 1510. The molecule has 3 N–H and O–H groups in total. The lowest BCUT2D eigenvalue weighted by Gasteiger charge is -2.34. The SMILES string of the molecule is Cl.Cn1c(-c2cn(CC3CCC3)nc2C(F)(F)F)cnc1C(=O)Nc1ccc(C(=O)N2CCN(C(=O)CN)CC2)c(Cl)c1. The van der Waals surface area contributed by atoms with E-state index in [1.54, 1.807) is 9.80 Å². The zero-order valence-corrected chi connectivity index (χ0v) is 24.8. The molecule has 5 rings (SSSR count). The van der Waals surface area contributed by atoms with Gasteiger partial charge in [-0.15, -0.1) is 12.4 Å². The largest absolute Gasteiger partial charge is 0.435 e. The number of nitrogens with two attached hydrogens (primary N) is 1. The Morgan fingerprint density at radius 3 is 2.37 bits per heavy atom. The number of hydrogen-bond acceptors (Lipinski definition) is 6. The molecular formula is C27H31Cl2F3N8O3. The number of carbonyl (C=O) groups is 3. The van der Waals surface area contributed by atoms with Gasteiger partial charge < -0.3 is 25.4 Å². The second-order valence-electron chi connectivity index (χ2n) is 10.5. The molecule has 2 aromatic heterocycles. The summed E-state index contributed by atoms with van der Waals surface area (Å²) >= 11 is 6.39. The van der Waals surface area contributed by atoms with Gasteiger partial charge in [0.15, 0.2) is 11.5 Å². The zero-order chi connectivity index (χ0) is 30.2. The minimum atomic E-state index is -4.68. The van der Waals surface area contributed by atoms with Gasteiger partial charge in [-0.3, -0.25) is 19.1 Å². The lowest BCUT2D eigenvalue weighted by atomic mass is 9.85. The van der Waals surface area contributed by atoms with E-state index < -0.39 is 17.8 Å². The molecule has 0 spiro atoms. The number of halogens is 5. The molecular weight excluding hydrogens is 612 g/mol. The van der Waals surface area contributed by atoms with Crippen molar-refractivity contribution in [2.24, 2.45) is 18.7 Å². The van der Waals surface area contributed by atoms with Crippen molar-refractivity contribution in [3.63, 3.8) is 0 Å². The highest BCUT2D eigenvalue weighted by molar-refractivity contribution is 6.34. The van der Waals surface area contributed by atoms with E-state index in [-0.39, 0.29) is 64.1 Å². The van der Waals surface area contributed by atoms with Crippen LogP contribution in [-0.2, 0) is 24.6 Å². The van der Waals surface area contributed by atoms with Crippen LogP contribution >= 0.6 is 24.0 Å². The molecule has 0 bridgehead atoms. The monoisotopic (exact) mass is 642 g/mol. The molecule has 1 aliphatic carbocycles. The number of anilines is 1. The molecule has 11 nitrogen and oxygen atoms in total. The van der Waals surface area contributed by atoms with E-state index in [4.69, 9.17) is 17.3 Å². The van der Waals surface area contributed by atoms with Crippen LogP contribution in [0.4, 0.5) is 18.9 Å². The van der Waals surface area contributed by atoms with E-state index in [2.05, 4.69) is 15.4 Å². The predicted molar refractivity (Wildman–Crippen MR) is 155 cm³/mol. The molecule has 3 heterocycles. The van der Waals surface area contributed by atoms with Gasteiger partial charge in [0.25, 0.3) is 11.8 Å². The van der Waals surface area contributed by atoms with Crippen molar-refractivity contribution in [3.05, 3.63) is 52.7 Å². The molecule has 3 aromatic rings. The summed E-state index contributed by atoms with van der Waals surface area (Å²) in [4.78, 5) is 45.1. The number of carbonyl (C=O) groups excluding carboxylic acids is 3. The molecule has 16 heteroatoms. The lowest BCUT2D eigenvalue weighted by Crippen LogP contribution is -2.51. The molecule has 0 unspecified atom stereocenters. The van der Waals surface area contributed by atoms with E-state index in [0.717, 1.165) is 19.3 Å². The number of imidazole rings is 1. The summed E-state index contributed by atoms with van der Waals surface area (Å²) in [5, 5.41) is 6.55. The van der Waals surface area contributed by atoms with Crippen LogP contribution < -0.4 is 11.1 Å². The van der Waals surface area contributed by atoms with Crippen LogP contribution in [0.15, 0.2) is 30.6 Å². The van der Waals surface area contributed by atoms with Gasteiger partial charge in [0.2, 0.25) is 5.91 Å². The van der Waals surface area contributed by atoms with Crippen LogP contribution in [0.3, 0.4) is 0 Å². The Hall–Kier alpha value is -3.62. The number of hydrogen-bond donors (Lipinski definition) is 2. The van der Waals surface area contributed by atoms with Crippen molar-refractivity contribution in [2.75, 3.05) is 38.0 Å².